The van der Waals surface area contributed by atoms with Gasteiger partial charge in [0.05, 0.1) is 0 Å². The van der Waals surface area contributed by atoms with E-state index in [-0.39, 0.29) is 0 Å². The number of nitrogens with one attached hydrogen (secondary N) is 1. The Morgan fingerprint density at radius 1 is 1.38 bits per heavy atom. The van der Waals surface area contributed by atoms with Crippen LogP contribution in [0.5, 0.6) is 0 Å². The van der Waals surface area contributed by atoms with Crippen molar-refractivity contribution in [1.29, 1.82) is 0 Å². The molecule has 0 saturated heterocycles. The maximum Gasteiger partial charge on any atom is 0.0115 e. The monoisotopic (exact) mass is 240 g/mol. The zero-order valence-corrected chi connectivity index (χ0v) is 11.7. The predicted octanol–water partition coefficient (Wildman–Crippen LogP) is 2.61. The van der Waals surface area contributed by atoms with Crippen LogP contribution in [0.2, 0.25) is 0 Å². The van der Waals surface area contributed by atoms with Gasteiger partial charge in [0.1, 0.15) is 0 Å². The Hall–Kier alpha value is -0.380. The summed E-state index contributed by atoms with van der Waals surface area (Å²) in [6.07, 6.45) is 2.37. The van der Waals surface area contributed by atoms with E-state index < -0.39 is 0 Å². The van der Waals surface area contributed by atoms with Crippen LogP contribution >= 0.6 is 11.3 Å². The summed E-state index contributed by atoms with van der Waals surface area (Å²) in [5, 5.41) is 5.37. The van der Waals surface area contributed by atoms with Crippen LogP contribution in [-0.2, 0) is 6.42 Å². The normalized spacial score (nSPS) is 15.3. The number of likely N-dealkylation sites (N-methyl/N-ethyl adjacent to an activating group) is 1. The third-order valence-electron chi connectivity index (χ3n) is 3.28. The van der Waals surface area contributed by atoms with E-state index in [0.717, 1.165) is 13.0 Å². The van der Waals surface area contributed by atoms with Gasteiger partial charge in [0.15, 0.2) is 0 Å². The van der Waals surface area contributed by atoms with Gasteiger partial charge in [0.2, 0.25) is 0 Å². The highest BCUT2D eigenvalue weighted by atomic mass is 32.1. The molecule has 0 aliphatic heterocycles. The number of nitrogens with zero attached hydrogens (tertiary/aromatic N) is 1. The summed E-state index contributed by atoms with van der Waals surface area (Å²) in [6, 6.07) is 5.62. The SMILES string of the molecule is CNCCC(C)N(C)C(C)Cc1cccs1. The molecule has 2 atom stereocenters. The quantitative estimate of drug-likeness (QED) is 0.788. The van der Waals surface area contributed by atoms with Gasteiger partial charge in [0, 0.05) is 17.0 Å². The maximum atomic E-state index is 3.21. The summed E-state index contributed by atoms with van der Waals surface area (Å²) in [5.41, 5.74) is 0. The smallest absolute Gasteiger partial charge is 0.0115 e. The Bertz CT molecular complexity index is 271. The fourth-order valence-corrected chi connectivity index (χ4v) is 2.68. The van der Waals surface area contributed by atoms with E-state index >= 15 is 0 Å². The minimum Gasteiger partial charge on any atom is -0.320 e. The fraction of sp³-hybridized carbons (Fsp3) is 0.692. The summed E-state index contributed by atoms with van der Waals surface area (Å²) in [5.74, 6) is 0. The van der Waals surface area contributed by atoms with Crippen molar-refractivity contribution in [2.75, 3.05) is 20.6 Å². The topological polar surface area (TPSA) is 15.3 Å². The maximum absolute atomic E-state index is 3.21. The molecule has 1 aromatic rings. The zero-order valence-electron chi connectivity index (χ0n) is 10.9. The summed E-state index contributed by atoms with van der Waals surface area (Å²) in [4.78, 5) is 3.97. The van der Waals surface area contributed by atoms with Crippen molar-refractivity contribution in [3.8, 4) is 0 Å². The zero-order chi connectivity index (χ0) is 12.0. The van der Waals surface area contributed by atoms with Crippen LogP contribution in [0.3, 0.4) is 0 Å². The van der Waals surface area contributed by atoms with E-state index in [1.165, 1.54) is 11.3 Å². The highest BCUT2D eigenvalue weighted by molar-refractivity contribution is 7.09. The van der Waals surface area contributed by atoms with Gasteiger partial charge in [-0.05, 0) is 58.8 Å². The van der Waals surface area contributed by atoms with E-state index in [4.69, 9.17) is 0 Å². The number of hydrogen-bond acceptors (Lipinski definition) is 3. The molecular formula is C13H24N2S. The molecule has 0 bridgehead atoms. The molecule has 0 aromatic carbocycles. The molecule has 2 nitrogen and oxygen atoms in total. The Balaban J connectivity index is 2.37. The summed E-state index contributed by atoms with van der Waals surface area (Å²) in [7, 11) is 4.25. The van der Waals surface area contributed by atoms with Gasteiger partial charge in [-0.15, -0.1) is 11.3 Å². The molecule has 1 rings (SSSR count). The lowest BCUT2D eigenvalue weighted by Crippen LogP contribution is -2.39. The number of rotatable bonds is 7. The summed E-state index contributed by atoms with van der Waals surface area (Å²) in [6.45, 7) is 5.72. The van der Waals surface area contributed by atoms with Crippen molar-refractivity contribution >= 4 is 11.3 Å². The highest BCUT2D eigenvalue weighted by Gasteiger charge is 2.15. The molecule has 0 radical (unpaired) electrons. The van der Waals surface area contributed by atoms with E-state index in [9.17, 15) is 0 Å². The molecule has 1 heterocycles. The molecule has 0 saturated carbocycles. The Labute approximate surface area is 104 Å². The molecule has 0 aliphatic rings. The standard InChI is InChI=1S/C13H24N2S/c1-11(7-8-14-3)15(4)12(2)10-13-6-5-9-16-13/h5-6,9,11-12,14H,7-8,10H2,1-4H3. The van der Waals surface area contributed by atoms with Crippen LogP contribution in [0.4, 0.5) is 0 Å². The van der Waals surface area contributed by atoms with Crippen LogP contribution in [0.25, 0.3) is 0 Å². The lowest BCUT2D eigenvalue weighted by molar-refractivity contribution is 0.187. The van der Waals surface area contributed by atoms with E-state index in [2.05, 4.69) is 48.6 Å². The Morgan fingerprint density at radius 3 is 2.69 bits per heavy atom. The first-order valence-electron chi connectivity index (χ1n) is 6.04. The van der Waals surface area contributed by atoms with Crippen molar-refractivity contribution in [2.24, 2.45) is 0 Å². The van der Waals surface area contributed by atoms with Crippen molar-refractivity contribution < 1.29 is 0 Å². The molecule has 92 valence electrons. The molecule has 2 unspecified atom stereocenters. The Kier molecular flexibility index (Phi) is 6.03. The first kappa shape index (κ1) is 13.7. The van der Waals surface area contributed by atoms with Crippen molar-refractivity contribution in [2.45, 2.75) is 38.8 Å². The second-order valence-corrected chi connectivity index (χ2v) is 5.57. The van der Waals surface area contributed by atoms with Crippen molar-refractivity contribution in [3.05, 3.63) is 22.4 Å². The van der Waals surface area contributed by atoms with Crippen LogP contribution in [0.15, 0.2) is 17.5 Å². The molecule has 1 N–H and O–H groups in total. The lowest BCUT2D eigenvalue weighted by atomic mass is 10.1. The van der Waals surface area contributed by atoms with E-state index in [1.807, 2.05) is 18.4 Å². The molecule has 1 aromatic heterocycles. The average molecular weight is 240 g/mol. The second-order valence-electron chi connectivity index (χ2n) is 4.54. The van der Waals surface area contributed by atoms with Crippen LogP contribution in [0.1, 0.15) is 25.1 Å². The summed E-state index contributed by atoms with van der Waals surface area (Å²) < 4.78 is 0. The van der Waals surface area contributed by atoms with Crippen molar-refractivity contribution in [1.82, 2.24) is 10.2 Å². The third-order valence-corrected chi connectivity index (χ3v) is 4.18. The first-order valence-corrected chi connectivity index (χ1v) is 6.92. The predicted molar refractivity (Wildman–Crippen MR) is 73.3 cm³/mol. The number of thiophene rings is 1. The van der Waals surface area contributed by atoms with Gasteiger partial charge in [-0.25, -0.2) is 0 Å². The van der Waals surface area contributed by atoms with Crippen LogP contribution < -0.4 is 5.32 Å². The molecule has 16 heavy (non-hydrogen) atoms. The summed E-state index contributed by atoms with van der Waals surface area (Å²) >= 11 is 1.86. The minimum atomic E-state index is 0.616. The second kappa shape index (κ2) is 7.05. The van der Waals surface area contributed by atoms with Gasteiger partial charge in [-0.1, -0.05) is 6.07 Å². The largest absolute Gasteiger partial charge is 0.320 e. The van der Waals surface area contributed by atoms with Gasteiger partial charge >= 0.3 is 0 Å². The molecule has 3 heteroatoms. The fourth-order valence-electron chi connectivity index (χ4n) is 1.86. The van der Waals surface area contributed by atoms with Gasteiger partial charge < -0.3 is 10.2 Å². The Morgan fingerprint density at radius 2 is 2.12 bits per heavy atom. The van der Waals surface area contributed by atoms with E-state index in [0.29, 0.717) is 12.1 Å². The first-order chi connectivity index (χ1) is 7.65. The van der Waals surface area contributed by atoms with Gasteiger partial charge in [-0.3, -0.25) is 0 Å². The van der Waals surface area contributed by atoms with Crippen molar-refractivity contribution in [3.63, 3.8) is 0 Å². The van der Waals surface area contributed by atoms with Crippen LogP contribution in [-0.4, -0.2) is 37.6 Å². The average Bonchev–Trinajstić information content (AvgIpc) is 2.77. The lowest BCUT2D eigenvalue weighted by Gasteiger charge is -2.30. The molecule has 0 amide bonds. The minimum absolute atomic E-state index is 0.616. The number of hydrogen-bond donors (Lipinski definition) is 1. The van der Waals surface area contributed by atoms with E-state index in [1.54, 1.807) is 0 Å². The third kappa shape index (κ3) is 4.24. The molecular weight excluding hydrogens is 216 g/mol. The van der Waals surface area contributed by atoms with Gasteiger partial charge in [-0.2, -0.15) is 0 Å². The van der Waals surface area contributed by atoms with Gasteiger partial charge in [0.25, 0.3) is 0 Å². The van der Waals surface area contributed by atoms with Crippen LogP contribution in [0, 0.1) is 0 Å². The highest BCUT2D eigenvalue weighted by Crippen LogP contribution is 2.15. The molecule has 0 aliphatic carbocycles. The molecule has 0 fully saturated rings. The molecule has 0 spiro atoms.